The molecular formula is C12H14N4O2S2. The molecule has 1 heterocycles. The lowest BCUT2D eigenvalue weighted by molar-refractivity contribution is 0.580. The van der Waals surface area contributed by atoms with Crippen molar-refractivity contribution in [1.29, 1.82) is 0 Å². The number of nitrogens with zero attached hydrogens (tertiary/aromatic N) is 1. The molecular weight excluding hydrogens is 296 g/mol. The number of hydrogen-bond donors (Lipinski definition) is 3. The van der Waals surface area contributed by atoms with Gasteiger partial charge in [-0.2, -0.15) is 5.10 Å². The smallest absolute Gasteiger partial charge is 0.216 e. The van der Waals surface area contributed by atoms with Gasteiger partial charge in [0.15, 0.2) is 0 Å². The van der Waals surface area contributed by atoms with Crippen LogP contribution in [0.4, 0.5) is 0 Å². The highest BCUT2D eigenvalue weighted by molar-refractivity contribution is 7.88. The second-order valence-electron chi connectivity index (χ2n) is 4.25. The summed E-state index contributed by atoms with van der Waals surface area (Å²) in [6, 6.07) is 6.82. The van der Waals surface area contributed by atoms with Gasteiger partial charge in [-0.25, -0.2) is 13.1 Å². The van der Waals surface area contributed by atoms with E-state index in [1.807, 2.05) is 0 Å². The van der Waals surface area contributed by atoms with E-state index in [9.17, 15) is 8.42 Å². The van der Waals surface area contributed by atoms with Gasteiger partial charge < -0.3 is 5.73 Å². The van der Waals surface area contributed by atoms with Gasteiger partial charge in [-0.1, -0.05) is 36.5 Å². The van der Waals surface area contributed by atoms with E-state index < -0.39 is 10.0 Å². The molecule has 0 aliphatic carbocycles. The van der Waals surface area contributed by atoms with Crippen LogP contribution >= 0.6 is 12.2 Å². The van der Waals surface area contributed by atoms with E-state index in [2.05, 4.69) is 14.9 Å². The molecule has 8 heteroatoms. The molecule has 0 saturated carbocycles. The second kappa shape index (κ2) is 6.12. The van der Waals surface area contributed by atoms with Crippen LogP contribution in [0.25, 0.3) is 0 Å². The summed E-state index contributed by atoms with van der Waals surface area (Å²) in [6.45, 7) is 0.212. The summed E-state index contributed by atoms with van der Waals surface area (Å²) in [5.74, 6) is -0.0948. The van der Waals surface area contributed by atoms with Crippen LogP contribution in [0.5, 0.6) is 0 Å². The molecule has 1 aromatic heterocycles. The van der Waals surface area contributed by atoms with E-state index in [0.717, 1.165) is 5.56 Å². The van der Waals surface area contributed by atoms with Gasteiger partial charge in [0.2, 0.25) is 10.0 Å². The van der Waals surface area contributed by atoms with E-state index in [0.29, 0.717) is 11.1 Å². The molecule has 6 nitrogen and oxygen atoms in total. The van der Waals surface area contributed by atoms with Crippen molar-refractivity contribution in [2.75, 3.05) is 0 Å². The molecule has 2 aromatic rings. The number of nitrogens with two attached hydrogens (primary N) is 1. The maximum absolute atomic E-state index is 11.9. The van der Waals surface area contributed by atoms with Crippen molar-refractivity contribution in [3.05, 3.63) is 53.3 Å². The Morgan fingerprint density at radius 2 is 2.00 bits per heavy atom. The van der Waals surface area contributed by atoms with E-state index in [1.54, 1.807) is 36.7 Å². The van der Waals surface area contributed by atoms with Gasteiger partial charge in [-0.15, -0.1) is 0 Å². The van der Waals surface area contributed by atoms with Gasteiger partial charge in [-0.3, -0.25) is 5.10 Å². The quantitative estimate of drug-likeness (QED) is 0.681. The van der Waals surface area contributed by atoms with Crippen molar-refractivity contribution in [3.8, 4) is 0 Å². The predicted molar refractivity (Wildman–Crippen MR) is 80.4 cm³/mol. The number of hydrogen-bond acceptors (Lipinski definition) is 4. The van der Waals surface area contributed by atoms with Crippen LogP contribution in [0.15, 0.2) is 36.7 Å². The lowest BCUT2D eigenvalue weighted by Crippen LogP contribution is -2.24. The number of nitrogens with one attached hydrogen (secondary N) is 2. The maximum atomic E-state index is 11.9. The number of aromatic amines is 1. The molecule has 0 aliphatic heterocycles. The SMILES string of the molecule is NC(=S)c1ccc(CS(=O)(=O)NCc2cn[nH]c2)cc1. The third kappa shape index (κ3) is 4.12. The largest absolute Gasteiger partial charge is 0.389 e. The first-order chi connectivity index (χ1) is 9.46. The molecule has 0 atom stereocenters. The van der Waals surface area contributed by atoms with Crippen molar-refractivity contribution in [3.63, 3.8) is 0 Å². The Labute approximate surface area is 122 Å². The van der Waals surface area contributed by atoms with Gasteiger partial charge >= 0.3 is 0 Å². The van der Waals surface area contributed by atoms with Crippen molar-refractivity contribution >= 4 is 27.2 Å². The summed E-state index contributed by atoms with van der Waals surface area (Å²) in [6.07, 6.45) is 3.21. The lowest BCUT2D eigenvalue weighted by atomic mass is 10.1. The minimum absolute atomic E-state index is 0.0948. The first-order valence-electron chi connectivity index (χ1n) is 5.80. The van der Waals surface area contributed by atoms with Gasteiger partial charge in [0.05, 0.1) is 11.9 Å². The highest BCUT2D eigenvalue weighted by Crippen LogP contribution is 2.08. The van der Waals surface area contributed by atoms with Crippen LogP contribution in [0.3, 0.4) is 0 Å². The first-order valence-corrected chi connectivity index (χ1v) is 7.86. The average molecular weight is 310 g/mol. The Morgan fingerprint density at radius 3 is 2.55 bits per heavy atom. The molecule has 0 unspecified atom stereocenters. The highest BCUT2D eigenvalue weighted by Gasteiger charge is 2.11. The zero-order valence-electron chi connectivity index (χ0n) is 10.5. The Balaban J connectivity index is 1.98. The molecule has 2 rings (SSSR count). The summed E-state index contributed by atoms with van der Waals surface area (Å²) in [5.41, 5.74) is 7.65. The lowest BCUT2D eigenvalue weighted by Gasteiger charge is -2.06. The van der Waals surface area contributed by atoms with Crippen LogP contribution in [0, 0.1) is 0 Å². The Morgan fingerprint density at radius 1 is 1.30 bits per heavy atom. The maximum Gasteiger partial charge on any atom is 0.216 e. The fourth-order valence-corrected chi connectivity index (χ4v) is 2.86. The van der Waals surface area contributed by atoms with Crippen LogP contribution in [-0.2, 0) is 22.3 Å². The number of benzene rings is 1. The average Bonchev–Trinajstić information content (AvgIpc) is 2.90. The minimum Gasteiger partial charge on any atom is -0.389 e. The third-order valence-corrected chi connectivity index (χ3v) is 4.18. The van der Waals surface area contributed by atoms with E-state index in [-0.39, 0.29) is 17.3 Å². The van der Waals surface area contributed by atoms with E-state index in [1.165, 1.54) is 0 Å². The van der Waals surface area contributed by atoms with Gasteiger partial charge in [-0.05, 0) is 5.56 Å². The number of H-pyrrole nitrogens is 1. The van der Waals surface area contributed by atoms with Gasteiger partial charge in [0.25, 0.3) is 0 Å². The molecule has 0 saturated heterocycles. The molecule has 106 valence electrons. The summed E-state index contributed by atoms with van der Waals surface area (Å²) >= 11 is 4.84. The number of aromatic nitrogens is 2. The van der Waals surface area contributed by atoms with E-state index >= 15 is 0 Å². The third-order valence-electron chi connectivity index (χ3n) is 2.65. The van der Waals surface area contributed by atoms with Crippen molar-refractivity contribution < 1.29 is 8.42 Å². The normalized spacial score (nSPS) is 11.4. The van der Waals surface area contributed by atoms with Crippen molar-refractivity contribution in [2.24, 2.45) is 5.73 Å². The standard InChI is InChI=1S/C12H14N4O2S2/c13-12(19)11-3-1-9(2-4-11)8-20(17,18)16-7-10-5-14-15-6-10/h1-6,16H,7-8H2,(H2,13,19)(H,14,15). The van der Waals surface area contributed by atoms with Crippen LogP contribution < -0.4 is 10.5 Å². The molecule has 0 radical (unpaired) electrons. The van der Waals surface area contributed by atoms with Gasteiger partial charge in [0, 0.05) is 23.9 Å². The summed E-state index contributed by atoms with van der Waals surface area (Å²) < 4.78 is 26.4. The fourth-order valence-electron chi connectivity index (χ4n) is 1.60. The molecule has 1 aromatic carbocycles. The number of thiocarbonyl (C=S) groups is 1. The minimum atomic E-state index is -3.40. The van der Waals surface area contributed by atoms with Crippen molar-refractivity contribution in [1.82, 2.24) is 14.9 Å². The monoisotopic (exact) mass is 310 g/mol. The number of sulfonamides is 1. The molecule has 4 N–H and O–H groups in total. The zero-order chi connectivity index (χ0) is 14.6. The van der Waals surface area contributed by atoms with E-state index in [4.69, 9.17) is 18.0 Å². The summed E-state index contributed by atoms with van der Waals surface area (Å²) in [4.78, 5) is 0.289. The first kappa shape index (κ1) is 14.6. The molecule has 20 heavy (non-hydrogen) atoms. The van der Waals surface area contributed by atoms with Gasteiger partial charge in [0.1, 0.15) is 4.99 Å². The fraction of sp³-hybridized carbons (Fsp3) is 0.167. The Kier molecular flexibility index (Phi) is 4.48. The Bertz CT molecular complexity index is 679. The Hall–Kier alpha value is -1.77. The molecule has 0 bridgehead atoms. The predicted octanol–water partition coefficient (Wildman–Crippen LogP) is 0.663. The molecule has 0 spiro atoms. The highest BCUT2D eigenvalue weighted by atomic mass is 32.2. The second-order valence-corrected chi connectivity index (χ2v) is 6.49. The van der Waals surface area contributed by atoms with Crippen LogP contribution in [0.2, 0.25) is 0 Å². The number of rotatable bonds is 6. The molecule has 0 aliphatic rings. The zero-order valence-corrected chi connectivity index (χ0v) is 12.2. The van der Waals surface area contributed by atoms with Crippen LogP contribution in [0.1, 0.15) is 16.7 Å². The topological polar surface area (TPSA) is 101 Å². The van der Waals surface area contributed by atoms with Crippen LogP contribution in [-0.4, -0.2) is 23.6 Å². The van der Waals surface area contributed by atoms with Crippen molar-refractivity contribution in [2.45, 2.75) is 12.3 Å². The summed E-state index contributed by atoms with van der Waals surface area (Å²) in [5, 5.41) is 6.37. The summed E-state index contributed by atoms with van der Waals surface area (Å²) in [7, 11) is -3.40. The molecule has 0 amide bonds. The molecule has 0 fully saturated rings.